The zero-order valence-corrected chi connectivity index (χ0v) is 15.8. The zero-order valence-electron chi connectivity index (χ0n) is 14.2. The van der Waals surface area contributed by atoms with Crippen LogP contribution in [-0.2, 0) is 19.6 Å². The maximum atomic E-state index is 12.7. The number of hydrogen-bond donors (Lipinski definition) is 1. The summed E-state index contributed by atoms with van der Waals surface area (Å²) in [7, 11) is -3.66. The van der Waals surface area contributed by atoms with E-state index in [-0.39, 0.29) is 15.8 Å². The van der Waals surface area contributed by atoms with Crippen LogP contribution in [0.2, 0.25) is 5.02 Å². The van der Waals surface area contributed by atoms with E-state index in [2.05, 4.69) is 11.9 Å². The van der Waals surface area contributed by atoms with Gasteiger partial charge in [-0.15, -0.1) is 6.58 Å². The molecule has 1 atom stereocenters. The molecule has 1 aromatic rings. The van der Waals surface area contributed by atoms with Crippen LogP contribution in [0.5, 0.6) is 0 Å². The number of sulfonamides is 1. The number of anilines is 1. The third kappa shape index (κ3) is 5.04. The first-order valence-corrected chi connectivity index (χ1v) is 10.0. The molecule has 1 unspecified atom stereocenters. The van der Waals surface area contributed by atoms with E-state index in [1.165, 1.54) is 16.4 Å². The number of carbonyl (C=O) groups is 1. The van der Waals surface area contributed by atoms with Gasteiger partial charge in [-0.1, -0.05) is 17.7 Å². The highest BCUT2D eigenvalue weighted by Crippen LogP contribution is 2.29. The average Bonchev–Trinajstić information content (AvgIpc) is 3.12. The van der Waals surface area contributed by atoms with Crippen molar-refractivity contribution in [2.24, 2.45) is 0 Å². The molecule has 6 nitrogen and oxygen atoms in total. The molecule has 1 N–H and O–H groups in total. The third-order valence-electron chi connectivity index (χ3n) is 3.94. The maximum Gasteiger partial charge on any atom is 0.253 e. The molecule has 1 aliphatic heterocycles. The van der Waals surface area contributed by atoms with Crippen LogP contribution in [-0.4, -0.2) is 44.4 Å². The summed E-state index contributed by atoms with van der Waals surface area (Å²) >= 11 is 6.09. The fraction of sp³-hybridized carbons (Fsp3) is 0.471. The van der Waals surface area contributed by atoms with E-state index in [1.54, 1.807) is 19.1 Å². The van der Waals surface area contributed by atoms with Crippen molar-refractivity contribution in [3.05, 3.63) is 35.9 Å². The predicted octanol–water partition coefficient (Wildman–Crippen LogP) is 3.04. The van der Waals surface area contributed by atoms with Crippen molar-refractivity contribution in [1.29, 1.82) is 0 Å². The van der Waals surface area contributed by atoms with Gasteiger partial charge in [0.1, 0.15) is 11.0 Å². The number of benzene rings is 1. The lowest BCUT2D eigenvalue weighted by atomic mass is 10.3. The second-order valence-corrected chi connectivity index (χ2v) is 8.15. The summed E-state index contributed by atoms with van der Waals surface area (Å²) in [5.74, 6) is -0.351. The number of amides is 1. The molecular weight excluding hydrogens is 364 g/mol. The molecule has 1 aromatic carbocycles. The standard InChI is InChI=1S/C17H23ClN2O4S/c1-3-4-11-24-13(2)17(21)19-14-7-8-15(18)16(12-14)25(22,23)20-9-5-6-10-20/h3,7-8,12-13H,1,4-6,9-11H2,2H3,(H,19,21). The van der Waals surface area contributed by atoms with E-state index in [9.17, 15) is 13.2 Å². The van der Waals surface area contributed by atoms with E-state index in [0.717, 1.165) is 12.8 Å². The molecule has 1 aliphatic rings. The zero-order chi connectivity index (χ0) is 18.4. The molecule has 1 amide bonds. The topological polar surface area (TPSA) is 75.7 Å². The van der Waals surface area contributed by atoms with E-state index >= 15 is 0 Å². The molecule has 25 heavy (non-hydrogen) atoms. The minimum absolute atomic E-state index is 0.00842. The number of halogens is 1. The molecular formula is C17H23ClN2O4S. The van der Waals surface area contributed by atoms with E-state index in [4.69, 9.17) is 16.3 Å². The van der Waals surface area contributed by atoms with Crippen molar-refractivity contribution in [3.63, 3.8) is 0 Å². The third-order valence-corrected chi connectivity index (χ3v) is 6.32. The lowest BCUT2D eigenvalue weighted by Gasteiger charge is -2.18. The average molecular weight is 387 g/mol. The van der Waals surface area contributed by atoms with Gasteiger partial charge in [-0.25, -0.2) is 8.42 Å². The van der Waals surface area contributed by atoms with E-state index in [0.29, 0.717) is 31.8 Å². The number of hydrogen-bond acceptors (Lipinski definition) is 4. The molecule has 1 fully saturated rings. The Hall–Kier alpha value is -1.41. The lowest BCUT2D eigenvalue weighted by Crippen LogP contribution is -2.29. The molecule has 0 spiro atoms. The van der Waals surface area contributed by atoms with Crippen molar-refractivity contribution in [2.75, 3.05) is 25.0 Å². The Morgan fingerprint density at radius 2 is 2.12 bits per heavy atom. The van der Waals surface area contributed by atoms with Gasteiger partial charge in [-0.05, 0) is 44.4 Å². The van der Waals surface area contributed by atoms with Gasteiger partial charge in [0.25, 0.3) is 5.91 Å². The molecule has 1 saturated heterocycles. The van der Waals surface area contributed by atoms with E-state index in [1.807, 2.05) is 0 Å². The van der Waals surface area contributed by atoms with Gasteiger partial charge in [0.05, 0.1) is 11.6 Å². The highest BCUT2D eigenvalue weighted by atomic mass is 35.5. The molecule has 138 valence electrons. The number of carbonyl (C=O) groups excluding carboxylic acids is 1. The number of ether oxygens (including phenoxy) is 1. The van der Waals surface area contributed by atoms with Crippen molar-refractivity contribution in [3.8, 4) is 0 Å². The molecule has 1 heterocycles. The fourth-order valence-electron chi connectivity index (χ4n) is 2.49. The molecule has 0 radical (unpaired) electrons. The highest BCUT2D eigenvalue weighted by Gasteiger charge is 2.29. The molecule has 0 saturated carbocycles. The van der Waals surface area contributed by atoms with Crippen molar-refractivity contribution in [2.45, 2.75) is 37.2 Å². The molecule has 0 aliphatic carbocycles. The van der Waals surface area contributed by atoms with Gasteiger partial charge in [-0.3, -0.25) is 4.79 Å². The Morgan fingerprint density at radius 1 is 1.44 bits per heavy atom. The van der Waals surface area contributed by atoms with Gasteiger partial charge < -0.3 is 10.1 Å². The van der Waals surface area contributed by atoms with Crippen LogP contribution in [0.3, 0.4) is 0 Å². The summed E-state index contributed by atoms with van der Waals surface area (Å²) in [5, 5.41) is 2.81. The summed E-state index contributed by atoms with van der Waals surface area (Å²) < 4.78 is 32.2. The van der Waals surface area contributed by atoms with Gasteiger partial charge in [0.2, 0.25) is 10.0 Å². The number of nitrogens with one attached hydrogen (secondary N) is 1. The van der Waals surface area contributed by atoms with Gasteiger partial charge in [0, 0.05) is 18.8 Å². The van der Waals surface area contributed by atoms with Crippen molar-refractivity contribution < 1.29 is 17.9 Å². The summed E-state index contributed by atoms with van der Waals surface area (Å²) in [6.07, 6.45) is 3.38. The van der Waals surface area contributed by atoms with Crippen molar-refractivity contribution in [1.82, 2.24) is 4.31 Å². The first kappa shape index (κ1) is 19.9. The van der Waals surface area contributed by atoms with Crippen LogP contribution in [0, 0.1) is 0 Å². The molecule has 2 rings (SSSR count). The minimum atomic E-state index is -3.66. The Labute approximate surface area is 153 Å². The quantitative estimate of drug-likeness (QED) is 0.550. The second kappa shape index (κ2) is 8.80. The monoisotopic (exact) mass is 386 g/mol. The Morgan fingerprint density at radius 3 is 2.76 bits per heavy atom. The second-order valence-electron chi connectivity index (χ2n) is 5.84. The molecule has 0 bridgehead atoms. The van der Waals surface area contributed by atoms with E-state index < -0.39 is 16.1 Å². The smallest absolute Gasteiger partial charge is 0.253 e. The first-order valence-electron chi connectivity index (χ1n) is 8.19. The van der Waals surface area contributed by atoms with Crippen LogP contribution in [0.25, 0.3) is 0 Å². The van der Waals surface area contributed by atoms with Crippen LogP contribution in [0.15, 0.2) is 35.7 Å². The van der Waals surface area contributed by atoms with Crippen LogP contribution in [0.1, 0.15) is 26.2 Å². The number of rotatable bonds is 8. The van der Waals surface area contributed by atoms with Crippen LogP contribution >= 0.6 is 11.6 Å². The fourth-order valence-corrected chi connectivity index (χ4v) is 4.51. The van der Waals surface area contributed by atoms with Gasteiger partial charge >= 0.3 is 0 Å². The number of nitrogens with zero attached hydrogens (tertiary/aromatic N) is 1. The maximum absolute atomic E-state index is 12.7. The summed E-state index contributed by atoms with van der Waals surface area (Å²) in [4.78, 5) is 12.2. The highest BCUT2D eigenvalue weighted by molar-refractivity contribution is 7.89. The first-order chi connectivity index (χ1) is 11.9. The SMILES string of the molecule is C=CCCOC(C)C(=O)Nc1ccc(Cl)c(S(=O)(=O)N2CCCC2)c1. The normalized spacial score (nSPS) is 16.6. The predicted molar refractivity (Wildman–Crippen MR) is 98.3 cm³/mol. The van der Waals surface area contributed by atoms with Crippen LogP contribution < -0.4 is 5.32 Å². The lowest BCUT2D eigenvalue weighted by molar-refractivity contribution is -0.126. The van der Waals surface area contributed by atoms with Gasteiger partial charge in [-0.2, -0.15) is 4.31 Å². The van der Waals surface area contributed by atoms with Crippen molar-refractivity contribution >= 4 is 33.2 Å². The minimum Gasteiger partial charge on any atom is -0.368 e. The van der Waals surface area contributed by atoms with Crippen LogP contribution in [0.4, 0.5) is 5.69 Å². The summed E-state index contributed by atoms with van der Waals surface area (Å²) in [5.41, 5.74) is 0.367. The summed E-state index contributed by atoms with van der Waals surface area (Å²) in [6, 6.07) is 4.44. The molecule has 0 aromatic heterocycles. The van der Waals surface area contributed by atoms with Gasteiger partial charge in [0.15, 0.2) is 0 Å². The Bertz CT molecular complexity index is 730. The molecule has 8 heteroatoms. The Kier molecular flexibility index (Phi) is 7.01. The largest absolute Gasteiger partial charge is 0.368 e. The summed E-state index contributed by atoms with van der Waals surface area (Å²) in [6.45, 7) is 6.60. The Balaban J connectivity index is 2.13.